The van der Waals surface area contributed by atoms with Gasteiger partial charge in [-0.15, -0.1) is 0 Å². The van der Waals surface area contributed by atoms with Crippen molar-refractivity contribution in [2.45, 2.75) is 24.4 Å². The number of hydrogen-bond donors (Lipinski definition) is 0. The Kier molecular flexibility index (Phi) is 6.10. The molecule has 0 saturated carbocycles. The predicted octanol–water partition coefficient (Wildman–Crippen LogP) is 10.9. The van der Waals surface area contributed by atoms with Crippen molar-refractivity contribution in [1.29, 1.82) is 0 Å². The van der Waals surface area contributed by atoms with Crippen LogP contribution in [0.4, 0.5) is 11.5 Å². The van der Waals surface area contributed by atoms with Crippen LogP contribution in [0.15, 0.2) is 164 Å². The van der Waals surface area contributed by atoms with Crippen molar-refractivity contribution in [2.75, 3.05) is 4.90 Å². The molecule has 4 heteroatoms. The van der Waals surface area contributed by atoms with Crippen molar-refractivity contribution in [3.05, 3.63) is 170 Å². The third-order valence-electron chi connectivity index (χ3n) is 10.3. The number of aromatic nitrogens is 3. The minimum atomic E-state index is 0.0759. The number of benzene rings is 5. The smallest absolute Gasteiger partial charge is 0.161 e. The van der Waals surface area contributed by atoms with E-state index in [0.29, 0.717) is 0 Å². The molecule has 0 bridgehead atoms. The number of rotatable bonds is 3. The van der Waals surface area contributed by atoms with Crippen molar-refractivity contribution >= 4 is 44.1 Å². The third-order valence-corrected chi connectivity index (χ3v) is 10.3. The van der Waals surface area contributed by atoms with Crippen LogP contribution >= 0.6 is 0 Å². The maximum Gasteiger partial charge on any atom is 0.161 e. The lowest BCUT2D eigenvalue weighted by atomic mass is 9.85. The SMILES string of the molecule is C1=CCC(n2c3ccc(-c4nccc(N5c6ccccc6-c6ccccc6C6C=CC=CC65)n4)cc3c3c4ccccc4ccc32)C=C1. The van der Waals surface area contributed by atoms with Gasteiger partial charge in [-0.25, -0.2) is 9.97 Å². The number of para-hydroxylation sites is 1. The van der Waals surface area contributed by atoms with Crippen molar-refractivity contribution in [2.24, 2.45) is 0 Å². The van der Waals surface area contributed by atoms with Crippen molar-refractivity contribution in [3.63, 3.8) is 0 Å². The highest BCUT2D eigenvalue weighted by Gasteiger charge is 2.35. The Labute approximate surface area is 279 Å². The zero-order valence-corrected chi connectivity index (χ0v) is 26.3. The molecule has 228 valence electrons. The fourth-order valence-electron chi connectivity index (χ4n) is 8.21. The number of anilines is 2. The maximum absolute atomic E-state index is 5.34. The molecule has 4 nitrogen and oxygen atoms in total. The van der Waals surface area contributed by atoms with Gasteiger partial charge in [0.15, 0.2) is 5.82 Å². The number of nitrogens with zero attached hydrogens (tertiary/aromatic N) is 4. The fraction of sp³-hybridized carbons (Fsp3) is 0.0909. The van der Waals surface area contributed by atoms with Gasteiger partial charge >= 0.3 is 0 Å². The summed E-state index contributed by atoms with van der Waals surface area (Å²) in [5, 5.41) is 5.03. The maximum atomic E-state index is 5.34. The third kappa shape index (κ3) is 4.09. The van der Waals surface area contributed by atoms with Gasteiger partial charge in [-0.2, -0.15) is 0 Å². The minimum absolute atomic E-state index is 0.0759. The molecule has 0 saturated heterocycles. The van der Waals surface area contributed by atoms with Crippen molar-refractivity contribution in [1.82, 2.24) is 14.5 Å². The lowest BCUT2D eigenvalue weighted by molar-refractivity contribution is 0.648. The van der Waals surface area contributed by atoms with Gasteiger partial charge in [0.1, 0.15) is 5.82 Å². The summed E-state index contributed by atoms with van der Waals surface area (Å²) in [7, 11) is 0. The van der Waals surface area contributed by atoms with E-state index in [2.05, 4.69) is 167 Å². The van der Waals surface area contributed by atoms with E-state index in [-0.39, 0.29) is 18.0 Å². The van der Waals surface area contributed by atoms with Crippen LogP contribution in [0.2, 0.25) is 0 Å². The van der Waals surface area contributed by atoms with Gasteiger partial charge in [-0.3, -0.25) is 0 Å². The molecule has 3 unspecified atom stereocenters. The van der Waals surface area contributed by atoms with Crippen LogP contribution in [0.5, 0.6) is 0 Å². The summed E-state index contributed by atoms with van der Waals surface area (Å²) in [6.45, 7) is 0. The van der Waals surface area contributed by atoms with E-state index >= 15 is 0 Å². The van der Waals surface area contributed by atoms with E-state index in [0.717, 1.165) is 29.3 Å². The standard InChI is InChI=1S/C44H32N4/c1-2-13-31(14-3-1)47-40-24-23-30(28-37(40)43-32-15-5-4-12-29(32)22-25-41(43)47)44-45-27-26-42(46-44)48-38-20-10-8-18-35(38)33-16-6-7-17-34(33)36-19-9-11-21-39(36)48/h1-13,15-28,31,35,38H,14H2. The van der Waals surface area contributed by atoms with Crippen LogP contribution in [0.3, 0.4) is 0 Å². The van der Waals surface area contributed by atoms with E-state index in [4.69, 9.17) is 9.97 Å². The minimum Gasteiger partial charge on any atom is -0.333 e. The second kappa shape index (κ2) is 10.8. The van der Waals surface area contributed by atoms with Gasteiger partial charge in [-0.05, 0) is 64.7 Å². The van der Waals surface area contributed by atoms with Gasteiger partial charge in [0.2, 0.25) is 0 Å². The monoisotopic (exact) mass is 616 g/mol. The Hall–Kier alpha value is -6.00. The second-order valence-electron chi connectivity index (χ2n) is 12.9. The molecule has 0 N–H and O–H groups in total. The van der Waals surface area contributed by atoms with Crippen LogP contribution in [-0.4, -0.2) is 20.6 Å². The van der Waals surface area contributed by atoms with E-state index in [1.165, 1.54) is 49.3 Å². The highest BCUT2D eigenvalue weighted by atomic mass is 15.2. The van der Waals surface area contributed by atoms with Crippen LogP contribution < -0.4 is 4.90 Å². The molecule has 2 aliphatic carbocycles. The molecule has 0 radical (unpaired) electrons. The van der Waals surface area contributed by atoms with Crippen LogP contribution in [-0.2, 0) is 0 Å². The van der Waals surface area contributed by atoms with Gasteiger partial charge in [0.05, 0.1) is 23.3 Å². The number of fused-ring (bicyclic) bond motifs is 10. The lowest BCUT2D eigenvalue weighted by Gasteiger charge is -2.35. The van der Waals surface area contributed by atoms with Crippen LogP contribution in [0.25, 0.3) is 55.1 Å². The molecule has 3 heterocycles. The van der Waals surface area contributed by atoms with E-state index in [9.17, 15) is 0 Å². The fourth-order valence-corrected chi connectivity index (χ4v) is 8.21. The van der Waals surface area contributed by atoms with Crippen LogP contribution in [0.1, 0.15) is 23.9 Å². The molecular formula is C44H32N4. The summed E-state index contributed by atoms with van der Waals surface area (Å²) in [6, 6.07) is 40.0. The van der Waals surface area contributed by atoms with Crippen molar-refractivity contribution < 1.29 is 0 Å². The first-order valence-corrected chi connectivity index (χ1v) is 16.8. The van der Waals surface area contributed by atoms with Gasteiger partial charge in [0, 0.05) is 39.5 Å². The molecule has 1 aliphatic heterocycles. The van der Waals surface area contributed by atoms with E-state index < -0.39 is 0 Å². The van der Waals surface area contributed by atoms with Gasteiger partial charge in [-0.1, -0.05) is 121 Å². The average Bonchev–Trinajstić information content (AvgIpc) is 3.44. The number of hydrogen-bond acceptors (Lipinski definition) is 3. The van der Waals surface area contributed by atoms with Crippen LogP contribution in [0, 0.1) is 0 Å². The predicted molar refractivity (Wildman–Crippen MR) is 199 cm³/mol. The lowest BCUT2D eigenvalue weighted by Crippen LogP contribution is -2.35. The molecule has 0 fully saturated rings. The molecule has 5 aromatic carbocycles. The topological polar surface area (TPSA) is 34.0 Å². The molecule has 0 spiro atoms. The Morgan fingerprint density at radius 3 is 2.40 bits per heavy atom. The molecule has 48 heavy (non-hydrogen) atoms. The Bertz CT molecular complexity index is 2530. The largest absolute Gasteiger partial charge is 0.333 e. The zero-order valence-electron chi connectivity index (χ0n) is 26.3. The summed E-state index contributed by atoms with van der Waals surface area (Å²) >= 11 is 0. The van der Waals surface area contributed by atoms with E-state index in [1.54, 1.807) is 0 Å². The number of allylic oxidation sites excluding steroid dienone is 6. The molecule has 2 aromatic heterocycles. The van der Waals surface area contributed by atoms with Crippen molar-refractivity contribution in [3.8, 4) is 22.5 Å². The highest BCUT2D eigenvalue weighted by Crippen LogP contribution is 2.47. The molecule has 7 aromatic rings. The first-order chi connectivity index (χ1) is 23.8. The highest BCUT2D eigenvalue weighted by molar-refractivity contribution is 6.21. The first-order valence-electron chi connectivity index (χ1n) is 16.8. The van der Waals surface area contributed by atoms with Gasteiger partial charge < -0.3 is 9.47 Å². The zero-order chi connectivity index (χ0) is 31.6. The second-order valence-corrected chi connectivity index (χ2v) is 12.9. The molecule has 10 rings (SSSR count). The molecular weight excluding hydrogens is 585 g/mol. The summed E-state index contributed by atoms with van der Waals surface area (Å²) < 4.78 is 2.51. The summed E-state index contributed by atoms with van der Waals surface area (Å²) in [4.78, 5) is 12.6. The molecule has 3 aliphatic rings. The quantitative estimate of drug-likeness (QED) is 0.198. The van der Waals surface area contributed by atoms with E-state index in [1.807, 2.05) is 6.20 Å². The molecule has 0 amide bonds. The average molecular weight is 617 g/mol. The Morgan fingerprint density at radius 1 is 0.646 bits per heavy atom. The molecule has 3 atom stereocenters. The Balaban J connectivity index is 1.16. The summed E-state index contributed by atoms with van der Waals surface area (Å²) in [5.74, 6) is 1.81. The first kappa shape index (κ1) is 27.1. The summed E-state index contributed by atoms with van der Waals surface area (Å²) in [6.07, 6.45) is 20.8. The Morgan fingerprint density at radius 2 is 1.46 bits per heavy atom. The van der Waals surface area contributed by atoms with Gasteiger partial charge in [0.25, 0.3) is 0 Å². The summed E-state index contributed by atoms with van der Waals surface area (Å²) in [5.41, 5.74) is 8.48. The normalized spacial score (nSPS) is 19.4.